The van der Waals surface area contributed by atoms with Crippen LogP contribution in [0, 0.1) is 0 Å². The number of hydrogen-bond acceptors (Lipinski definition) is 5. The molecular formula is C24H22ClF3N2O3S. The van der Waals surface area contributed by atoms with Crippen LogP contribution in [-0.2, 0) is 22.3 Å². The number of carbonyl (C=O) groups is 1. The topological polar surface area (TPSA) is 62.1 Å². The molecule has 1 unspecified atom stereocenters. The maximum absolute atomic E-state index is 13.1. The van der Waals surface area contributed by atoms with E-state index >= 15 is 0 Å². The van der Waals surface area contributed by atoms with Gasteiger partial charge in [-0.15, -0.1) is 11.8 Å². The smallest absolute Gasteiger partial charge is 0.416 e. The van der Waals surface area contributed by atoms with Gasteiger partial charge in [-0.1, -0.05) is 29.8 Å². The number of hydrogen-bond donors (Lipinski definition) is 1. The van der Waals surface area contributed by atoms with E-state index in [4.69, 9.17) is 16.3 Å². The quantitative estimate of drug-likeness (QED) is 0.301. The second-order valence-electron chi connectivity index (χ2n) is 7.45. The van der Waals surface area contributed by atoms with Gasteiger partial charge in [0.05, 0.1) is 30.6 Å². The van der Waals surface area contributed by atoms with Crippen LogP contribution in [0.1, 0.15) is 36.1 Å². The fourth-order valence-electron chi connectivity index (χ4n) is 3.24. The zero-order valence-electron chi connectivity index (χ0n) is 18.3. The first-order valence-electron chi connectivity index (χ1n) is 10.2. The molecule has 5 nitrogen and oxygen atoms in total. The Kier molecular flexibility index (Phi) is 8.33. The van der Waals surface area contributed by atoms with Gasteiger partial charge in [0.1, 0.15) is 11.9 Å². The van der Waals surface area contributed by atoms with Gasteiger partial charge in [-0.05, 0) is 54.6 Å². The van der Waals surface area contributed by atoms with E-state index in [-0.39, 0.29) is 12.2 Å². The molecule has 3 rings (SSSR count). The molecule has 1 N–H and O–H groups in total. The number of alkyl halides is 3. The summed E-state index contributed by atoms with van der Waals surface area (Å²) >= 11 is 7.21. The van der Waals surface area contributed by atoms with Crippen LogP contribution >= 0.6 is 23.4 Å². The molecule has 0 bridgehead atoms. The number of carboxylic acids is 1. The van der Waals surface area contributed by atoms with E-state index in [0.29, 0.717) is 22.0 Å². The lowest BCUT2D eigenvalue weighted by Gasteiger charge is -2.22. The summed E-state index contributed by atoms with van der Waals surface area (Å²) in [7, 11) is 0. The van der Waals surface area contributed by atoms with Gasteiger partial charge in [0.2, 0.25) is 0 Å². The number of fused-ring (bicyclic) bond motifs is 1. The lowest BCUT2D eigenvalue weighted by Crippen LogP contribution is -2.17. The summed E-state index contributed by atoms with van der Waals surface area (Å²) in [5.41, 5.74) is 1.26. The molecule has 0 fully saturated rings. The van der Waals surface area contributed by atoms with E-state index in [9.17, 15) is 23.1 Å². The maximum atomic E-state index is 13.1. The van der Waals surface area contributed by atoms with Crippen molar-refractivity contribution in [2.45, 2.75) is 32.2 Å². The van der Waals surface area contributed by atoms with Crippen molar-refractivity contribution < 1.29 is 27.8 Å². The Morgan fingerprint density at radius 1 is 1.32 bits per heavy atom. The number of carboxylic acid groups (broad SMARTS) is 1. The van der Waals surface area contributed by atoms with E-state index in [1.54, 1.807) is 48.8 Å². The Balaban J connectivity index is 1.86. The normalized spacial score (nSPS) is 15.2. The molecule has 0 saturated heterocycles. The molecule has 0 aliphatic carbocycles. The second-order valence-corrected chi connectivity index (χ2v) is 8.79. The van der Waals surface area contributed by atoms with Crippen LogP contribution in [0.5, 0.6) is 0 Å². The van der Waals surface area contributed by atoms with Gasteiger partial charge in [0.15, 0.2) is 0 Å². The van der Waals surface area contributed by atoms with Gasteiger partial charge < -0.3 is 14.7 Å². The van der Waals surface area contributed by atoms with E-state index in [1.165, 1.54) is 23.9 Å². The summed E-state index contributed by atoms with van der Waals surface area (Å²) in [6.07, 6.45) is 1.10. The van der Waals surface area contributed by atoms with E-state index in [0.717, 1.165) is 23.4 Å². The Bertz CT molecular complexity index is 1150. The van der Waals surface area contributed by atoms with Crippen LogP contribution in [0.3, 0.4) is 0 Å². The van der Waals surface area contributed by atoms with Gasteiger partial charge in [-0.2, -0.15) is 13.2 Å². The number of halogens is 4. The minimum Gasteiger partial charge on any atom is -0.485 e. The molecule has 0 aromatic heterocycles. The molecule has 10 heteroatoms. The molecule has 1 aliphatic heterocycles. The first-order valence-corrected chi connectivity index (χ1v) is 11.8. The number of thioether (sulfide) groups is 1. The monoisotopic (exact) mass is 510 g/mol. The van der Waals surface area contributed by atoms with Crippen molar-refractivity contribution in [1.82, 2.24) is 4.90 Å². The van der Waals surface area contributed by atoms with Crippen LogP contribution in [0.25, 0.3) is 0 Å². The Hall–Kier alpha value is -2.91. The second kappa shape index (κ2) is 11.0. The van der Waals surface area contributed by atoms with Crippen LogP contribution in [-0.4, -0.2) is 28.6 Å². The number of nitrogens with zero attached hydrogens (tertiary/aromatic N) is 2. The van der Waals surface area contributed by atoms with Crippen molar-refractivity contribution >= 4 is 41.4 Å². The minimum atomic E-state index is -4.48. The third-order valence-corrected chi connectivity index (χ3v) is 6.06. The molecule has 0 spiro atoms. The van der Waals surface area contributed by atoms with E-state index in [2.05, 4.69) is 4.99 Å². The molecule has 0 radical (unpaired) electrons. The average Bonchev–Trinajstić information content (AvgIpc) is 2.79. The molecule has 180 valence electrons. The number of benzene rings is 2. The van der Waals surface area contributed by atoms with Crippen LogP contribution in [0.4, 0.5) is 18.9 Å². The Morgan fingerprint density at radius 3 is 2.76 bits per heavy atom. The number of rotatable bonds is 8. The molecule has 1 atom stereocenters. The van der Waals surface area contributed by atoms with E-state index < -0.39 is 23.8 Å². The molecule has 34 heavy (non-hydrogen) atoms. The van der Waals surface area contributed by atoms with Crippen molar-refractivity contribution in [2.24, 2.45) is 4.99 Å². The molecule has 1 heterocycles. The summed E-state index contributed by atoms with van der Waals surface area (Å²) in [6, 6.07) is 10.3. The van der Waals surface area contributed by atoms with Gasteiger partial charge in [0.25, 0.3) is 0 Å². The summed E-state index contributed by atoms with van der Waals surface area (Å²) < 4.78 is 45.3. The van der Waals surface area contributed by atoms with E-state index in [1.807, 2.05) is 6.07 Å². The Morgan fingerprint density at radius 2 is 2.09 bits per heavy atom. The zero-order chi connectivity index (χ0) is 24.9. The van der Waals surface area contributed by atoms with Crippen molar-refractivity contribution in [3.8, 4) is 0 Å². The maximum Gasteiger partial charge on any atom is 0.416 e. The molecule has 0 amide bonds. The van der Waals surface area contributed by atoms with Gasteiger partial charge >= 0.3 is 12.1 Å². The lowest BCUT2D eigenvalue weighted by atomic mass is 10.1. The van der Waals surface area contributed by atoms with Crippen molar-refractivity contribution in [1.29, 1.82) is 0 Å². The number of allylic oxidation sites excluding steroid dienone is 1. The average molecular weight is 511 g/mol. The minimum absolute atomic E-state index is 0.259. The van der Waals surface area contributed by atoms with Gasteiger partial charge in [-0.25, -0.2) is 4.99 Å². The lowest BCUT2D eigenvalue weighted by molar-refractivity contribution is -0.138. The summed E-state index contributed by atoms with van der Waals surface area (Å²) in [5.74, 6) is -0.786. The predicted octanol–water partition coefficient (Wildman–Crippen LogP) is 7.18. The predicted molar refractivity (Wildman–Crippen MR) is 128 cm³/mol. The highest BCUT2D eigenvalue weighted by Crippen LogP contribution is 2.33. The molecule has 1 aliphatic rings. The van der Waals surface area contributed by atoms with Crippen LogP contribution < -0.4 is 0 Å². The molecular weight excluding hydrogens is 489 g/mol. The third-order valence-electron chi connectivity index (χ3n) is 4.98. The fourth-order valence-corrected chi connectivity index (χ4v) is 3.99. The third kappa shape index (κ3) is 6.80. The summed E-state index contributed by atoms with van der Waals surface area (Å²) in [4.78, 5) is 17.9. The number of ether oxygens (including phenoxy) is 1. The molecule has 0 saturated carbocycles. The summed E-state index contributed by atoms with van der Waals surface area (Å²) in [5, 5.41) is 9.88. The highest BCUT2D eigenvalue weighted by molar-refractivity contribution is 8.02. The van der Waals surface area contributed by atoms with Crippen molar-refractivity contribution in [3.05, 3.63) is 87.1 Å². The van der Waals surface area contributed by atoms with Crippen LogP contribution in [0.2, 0.25) is 5.02 Å². The SMILES string of the molecule is CS/C(CC(=O)O)=C(\C=C\N1C=Nc2cc(Cl)ccc2C1)OC(C)c1cccc(C(F)(F)F)c1. The van der Waals surface area contributed by atoms with Crippen LogP contribution in [0.15, 0.2) is 70.4 Å². The van der Waals surface area contributed by atoms with Gasteiger partial charge in [0, 0.05) is 16.1 Å². The number of aliphatic imine (C=N–C) groups is 1. The standard InChI is InChI=1S/C24H22ClF3N2O3S/c1-15(16-4-3-5-18(10-16)24(26,27)28)33-21(22(34-2)12-23(31)32)8-9-30-13-17-6-7-19(25)11-20(17)29-14-30/h3-11,14-15H,12-13H2,1-2H3,(H,31,32)/b9-8+,22-21+. The molecule has 2 aromatic rings. The Labute approximate surface area is 204 Å². The molecule has 2 aromatic carbocycles. The van der Waals surface area contributed by atoms with Crippen molar-refractivity contribution in [2.75, 3.05) is 6.26 Å². The zero-order valence-corrected chi connectivity index (χ0v) is 19.9. The first kappa shape index (κ1) is 25.7. The highest BCUT2D eigenvalue weighted by atomic mass is 35.5. The number of aliphatic carboxylic acids is 1. The largest absolute Gasteiger partial charge is 0.485 e. The van der Waals surface area contributed by atoms with Gasteiger partial charge in [-0.3, -0.25) is 4.79 Å². The highest BCUT2D eigenvalue weighted by Gasteiger charge is 2.31. The summed E-state index contributed by atoms with van der Waals surface area (Å²) in [6.45, 7) is 2.13. The first-order chi connectivity index (χ1) is 16.1. The van der Waals surface area contributed by atoms with Crippen molar-refractivity contribution in [3.63, 3.8) is 0 Å². The fraction of sp³-hybridized carbons (Fsp3) is 0.250.